The van der Waals surface area contributed by atoms with E-state index in [1.165, 1.54) is 6.20 Å². The molecular formula is C7H5BrF2INO. The lowest BCUT2D eigenvalue weighted by Crippen LogP contribution is -2.16. The van der Waals surface area contributed by atoms with Crippen molar-refractivity contribution >= 4 is 38.5 Å². The SMILES string of the molecule is O=c1c(I)c[nH]c(CBr)c1C(F)F. The van der Waals surface area contributed by atoms with E-state index in [1.807, 2.05) is 0 Å². The van der Waals surface area contributed by atoms with E-state index in [-0.39, 0.29) is 14.6 Å². The van der Waals surface area contributed by atoms with Crippen LogP contribution in [0.2, 0.25) is 0 Å². The van der Waals surface area contributed by atoms with Crippen LogP contribution in [0.1, 0.15) is 17.7 Å². The molecule has 0 aliphatic carbocycles. The first-order valence-corrected chi connectivity index (χ1v) is 5.52. The molecule has 0 unspecified atom stereocenters. The predicted molar refractivity (Wildman–Crippen MR) is 57.4 cm³/mol. The molecule has 1 rings (SSSR count). The Hall–Kier alpha value is 0.0200. The number of rotatable bonds is 2. The second-order valence-electron chi connectivity index (χ2n) is 2.29. The predicted octanol–water partition coefficient (Wildman–Crippen LogP) is 2.81. The summed E-state index contributed by atoms with van der Waals surface area (Å²) in [5, 5.41) is 0.221. The zero-order valence-corrected chi connectivity index (χ0v) is 10.0. The van der Waals surface area contributed by atoms with Gasteiger partial charge in [-0.1, -0.05) is 15.9 Å². The van der Waals surface area contributed by atoms with E-state index in [2.05, 4.69) is 20.9 Å². The molecule has 0 aliphatic rings. The number of halogens is 4. The molecule has 0 saturated heterocycles. The first-order valence-electron chi connectivity index (χ1n) is 3.32. The van der Waals surface area contributed by atoms with Gasteiger partial charge in [-0.15, -0.1) is 0 Å². The van der Waals surface area contributed by atoms with E-state index < -0.39 is 17.4 Å². The number of hydrogen-bond donors (Lipinski definition) is 1. The zero-order valence-electron chi connectivity index (χ0n) is 6.28. The van der Waals surface area contributed by atoms with E-state index in [1.54, 1.807) is 22.6 Å². The Bertz CT molecular complexity index is 366. The van der Waals surface area contributed by atoms with Crippen LogP contribution in [-0.4, -0.2) is 4.98 Å². The Morgan fingerprint density at radius 2 is 2.23 bits per heavy atom. The highest BCUT2D eigenvalue weighted by molar-refractivity contribution is 14.1. The Kier molecular flexibility index (Phi) is 3.84. The Labute approximate surface area is 95.0 Å². The molecule has 0 atom stereocenters. The summed E-state index contributed by atoms with van der Waals surface area (Å²) < 4.78 is 25.1. The molecular weight excluding hydrogens is 359 g/mol. The van der Waals surface area contributed by atoms with E-state index in [0.29, 0.717) is 0 Å². The molecule has 1 heterocycles. The van der Waals surface area contributed by atoms with Crippen molar-refractivity contribution < 1.29 is 8.78 Å². The lowest BCUT2D eigenvalue weighted by Gasteiger charge is -2.05. The van der Waals surface area contributed by atoms with Crippen LogP contribution >= 0.6 is 38.5 Å². The Morgan fingerprint density at radius 1 is 1.62 bits per heavy atom. The summed E-state index contributed by atoms with van der Waals surface area (Å²) in [6, 6.07) is 0. The van der Waals surface area contributed by atoms with Crippen molar-refractivity contribution in [1.82, 2.24) is 4.98 Å². The maximum absolute atomic E-state index is 12.4. The number of aromatic amines is 1. The maximum Gasteiger partial charge on any atom is 0.269 e. The summed E-state index contributed by atoms with van der Waals surface area (Å²) in [6.45, 7) is 0. The minimum Gasteiger partial charge on any atom is -0.363 e. The van der Waals surface area contributed by atoms with Gasteiger partial charge in [0.25, 0.3) is 6.43 Å². The van der Waals surface area contributed by atoms with Gasteiger partial charge in [0, 0.05) is 17.2 Å². The minimum absolute atomic E-state index is 0.221. The molecule has 13 heavy (non-hydrogen) atoms. The second kappa shape index (κ2) is 4.50. The highest BCUT2D eigenvalue weighted by Gasteiger charge is 2.18. The van der Waals surface area contributed by atoms with E-state index >= 15 is 0 Å². The Balaban J connectivity index is 3.42. The third-order valence-corrected chi connectivity index (χ3v) is 2.87. The normalized spacial score (nSPS) is 10.8. The van der Waals surface area contributed by atoms with Gasteiger partial charge >= 0.3 is 0 Å². The van der Waals surface area contributed by atoms with Gasteiger partial charge in [0.15, 0.2) is 0 Å². The molecule has 2 nitrogen and oxygen atoms in total. The average molecular weight is 364 g/mol. The number of aromatic nitrogens is 1. The fourth-order valence-corrected chi connectivity index (χ4v) is 1.81. The van der Waals surface area contributed by atoms with Crippen molar-refractivity contribution in [2.24, 2.45) is 0 Å². The van der Waals surface area contributed by atoms with Gasteiger partial charge in [0.1, 0.15) is 0 Å². The fraction of sp³-hybridized carbons (Fsp3) is 0.286. The molecule has 0 amide bonds. The molecule has 0 aliphatic heterocycles. The largest absolute Gasteiger partial charge is 0.363 e. The molecule has 1 N–H and O–H groups in total. The smallest absolute Gasteiger partial charge is 0.269 e. The molecule has 0 aromatic carbocycles. The summed E-state index contributed by atoms with van der Waals surface area (Å²) in [7, 11) is 0. The fourth-order valence-electron chi connectivity index (χ4n) is 0.901. The highest BCUT2D eigenvalue weighted by Crippen LogP contribution is 2.20. The molecule has 0 spiro atoms. The molecule has 1 aromatic rings. The Morgan fingerprint density at radius 3 is 2.69 bits per heavy atom. The summed E-state index contributed by atoms with van der Waals surface area (Å²) in [6.07, 6.45) is -1.31. The lowest BCUT2D eigenvalue weighted by molar-refractivity contribution is 0.148. The van der Waals surface area contributed by atoms with Crippen LogP contribution in [0, 0.1) is 3.57 Å². The van der Waals surface area contributed by atoms with Gasteiger partial charge in [0.2, 0.25) is 5.43 Å². The minimum atomic E-state index is -2.73. The van der Waals surface area contributed by atoms with Crippen molar-refractivity contribution in [2.45, 2.75) is 11.8 Å². The summed E-state index contributed by atoms with van der Waals surface area (Å²) in [5.41, 5.74) is -0.798. The third-order valence-electron chi connectivity index (χ3n) is 1.51. The van der Waals surface area contributed by atoms with Gasteiger partial charge in [-0.2, -0.15) is 0 Å². The quantitative estimate of drug-likeness (QED) is 0.636. The standard InChI is InChI=1S/C7H5BrF2INO/c8-1-4-5(7(9)10)6(13)3(11)2-12-4/h2,7H,1H2,(H,12,13). The summed E-state index contributed by atoms with van der Waals surface area (Å²) >= 11 is 4.75. The van der Waals surface area contributed by atoms with Crippen LogP contribution in [-0.2, 0) is 5.33 Å². The third kappa shape index (κ3) is 2.28. The first kappa shape index (κ1) is 11.1. The van der Waals surface area contributed by atoms with Gasteiger partial charge < -0.3 is 4.98 Å². The monoisotopic (exact) mass is 363 g/mol. The van der Waals surface area contributed by atoms with E-state index in [4.69, 9.17) is 0 Å². The highest BCUT2D eigenvalue weighted by atomic mass is 127. The van der Waals surface area contributed by atoms with Crippen molar-refractivity contribution in [3.63, 3.8) is 0 Å². The molecule has 72 valence electrons. The first-order chi connectivity index (χ1) is 6.07. The van der Waals surface area contributed by atoms with Gasteiger partial charge in [0.05, 0.1) is 9.13 Å². The number of H-pyrrole nitrogens is 1. The van der Waals surface area contributed by atoms with Crippen LogP contribution in [0.15, 0.2) is 11.0 Å². The molecule has 0 fully saturated rings. The summed E-state index contributed by atoms with van der Waals surface area (Å²) in [4.78, 5) is 13.9. The molecule has 0 bridgehead atoms. The van der Waals surface area contributed by atoms with Crippen LogP contribution in [0.5, 0.6) is 0 Å². The zero-order chi connectivity index (χ0) is 10.0. The number of pyridine rings is 1. The summed E-state index contributed by atoms with van der Waals surface area (Å²) in [5.74, 6) is 0. The van der Waals surface area contributed by atoms with Crippen molar-refractivity contribution in [2.75, 3.05) is 0 Å². The number of alkyl halides is 3. The van der Waals surface area contributed by atoms with Crippen LogP contribution in [0.3, 0.4) is 0 Å². The van der Waals surface area contributed by atoms with Crippen LogP contribution in [0.4, 0.5) is 8.78 Å². The second-order valence-corrected chi connectivity index (χ2v) is 4.02. The number of hydrogen-bond acceptors (Lipinski definition) is 1. The molecule has 0 radical (unpaired) electrons. The van der Waals surface area contributed by atoms with Crippen molar-refractivity contribution in [3.8, 4) is 0 Å². The van der Waals surface area contributed by atoms with Gasteiger partial charge in [-0.05, 0) is 22.6 Å². The average Bonchev–Trinajstić information content (AvgIpc) is 2.08. The number of nitrogens with one attached hydrogen (secondary N) is 1. The molecule has 1 aromatic heterocycles. The topological polar surface area (TPSA) is 32.9 Å². The van der Waals surface area contributed by atoms with Crippen LogP contribution in [0.25, 0.3) is 0 Å². The van der Waals surface area contributed by atoms with Crippen molar-refractivity contribution in [3.05, 3.63) is 31.2 Å². The molecule has 6 heteroatoms. The molecule has 0 saturated carbocycles. The van der Waals surface area contributed by atoms with E-state index in [9.17, 15) is 13.6 Å². The van der Waals surface area contributed by atoms with E-state index in [0.717, 1.165) is 0 Å². The maximum atomic E-state index is 12.4. The van der Waals surface area contributed by atoms with Crippen molar-refractivity contribution in [1.29, 1.82) is 0 Å². The lowest BCUT2D eigenvalue weighted by atomic mass is 10.2. The van der Waals surface area contributed by atoms with Gasteiger partial charge in [-0.3, -0.25) is 4.79 Å². The van der Waals surface area contributed by atoms with Crippen LogP contribution < -0.4 is 5.43 Å². The van der Waals surface area contributed by atoms with Gasteiger partial charge in [-0.25, -0.2) is 8.78 Å².